The number of nitrogens with one attached hydrogen (secondary N) is 1. The summed E-state index contributed by atoms with van der Waals surface area (Å²) in [7, 11) is 0. The number of hydrogen-bond donors (Lipinski definition) is 1. The highest BCUT2D eigenvalue weighted by atomic mass is 16.6. The molecule has 1 atom stereocenters. The third-order valence-corrected chi connectivity index (χ3v) is 9.59. The smallest absolute Gasteiger partial charge is 0.410 e. The molecule has 1 unspecified atom stereocenters. The van der Waals surface area contributed by atoms with Crippen molar-refractivity contribution in [3.63, 3.8) is 0 Å². The van der Waals surface area contributed by atoms with Gasteiger partial charge in [0.05, 0.1) is 5.60 Å². The number of benzene rings is 4. The van der Waals surface area contributed by atoms with Crippen molar-refractivity contribution >= 4 is 44.5 Å². The third kappa shape index (κ3) is 11.9. The summed E-state index contributed by atoms with van der Waals surface area (Å²) in [5, 5.41) is 11.6. The molecule has 9 nitrogen and oxygen atoms in total. The first-order valence-electron chi connectivity index (χ1n) is 19.7. The van der Waals surface area contributed by atoms with Gasteiger partial charge in [-0.15, -0.1) is 0 Å². The van der Waals surface area contributed by atoms with E-state index in [2.05, 4.69) is 85.6 Å². The van der Waals surface area contributed by atoms with Gasteiger partial charge in [0.2, 0.25) is 0 Å². The second kappa shape index (κ2) is 17.2. The van der Waals surface area contributed by atoms with Gasteiger partial charge >= 0.3 is 12.2 Å². The van der Waals surface area contributed by atoms with Crippen LogP contribution in [-0.4, -0.2) is 102 Å². The average molecular weight is 729 g/mol. The molecule has 0 aromatic heterocycles. The van der Waals surface area contributed by atoms with E-state index in [1.54, 1.807) is 4.90 Å². The van der Waals surface area contributed by atoms with E-state index in [9.17, 15) is 9.59 Å². The Hall–Kier alpha value is -3.66. The van der Waals surface area contributed by atoms with Gasteiger partial charge in [0.1, 0.15) is 17.4 Å². The van der Waals surface area contributed by atoms with Gasteiger partial charge in [0.25, 0.3) is 0 Å². The van der Waals surface area contributed by atoms with Crippen molar-refractivity contribution in [3.05, 3.63) is 60.2 Å². The maximum atomic E-state index is 13.5. The monoisotopic (exact) mass is 728 g/mol. The van der Waals surface area contributed by atoms with Crippen LogP contribution in [-0.2, 0) is 20.6 Å². The summed E-state index contributed by atoms with van der Waals surface area (Å²) < 4.78 is 18.1. The summed E-state index contributed by atoms with van der Waals surface area (Å²) in [4.78, 5) is 32.7. The zero-order valence-corrected chi connectivity index (χ0v) is 33.8. The van der Waals surface area contributed by atoms with Crippen molar-refractivity contribution in [2.45, 2.75) is 117 Å². The van der Waals surface area contributed by atoms with Gasteiger partial charge in [-0.25, -0.2) is 9.59 Å². The van der Waals surface area contributed by atoms with Crippen LogP contribution in [0.3, 0.4) is 0 Å². The van der Waals surface area contributed by atoms with Crippen molar-refractivity contribution in [1.82, 2.24) is 20.0 Å². The van der Waals surface area contributed by atoms with E-state index in [-0.39, 0.29) is 24.0 Å². The predicted molar refractivity (Wildman–Crippen MR) is 217 cm³/mol. The van der Waals surface area contributed by atoms with Gasteiger partial charge in [0, 0.05) is 45.8 Å². The largest absolute Gasteiger partial charge is 0.444 e. The highest BCUT2D eigenvalue weighted by Crippen LogP contribution is 2.36. The molecule has 0 spiro atoms. The maximum Gasteiger partial charge on any atom is 0.410 e. The van der Waals surface area contributed by atoms with E-state index in [1.165, 1.54) is 37.9 Å². The van der Waals surface area contributed by atoms with E-state index < -0.39 is 11.2 Å². The molecule has 0 bridgehead atoms. The quantitative estimate of drug-likeness (QED) is 0.157. The van der Waals surface area contributed by atoms with Crippen LogP contribution in [0.1, 0.15) is 93.6 Å². The van der Waals surface area contributed by atoms with Crippen LogP contribution in [0, 0.1) is 0 Å². The molecule has 4 aromatic carbocycles. The Morgan fingerprint density at radius 1 is 0.660 bits per heavy atom. The fraction of sp³-hybridized carbons (Fsp3) is 0.591. The molecule has 1 aliphatic rings. The van der Waals surface area contributed by atoms with Crippen molar-refractivity contribution in [2.75, 3.05) is 52.4 Å². The lowest BCUT2D eigenvalue weighted by atomic mass is 9.90. The molecule has 1 aliphatic heterocycles. The lowest BCUT2D eigenvalue weighted by Crippen LogP contribution is -2.48. The molecule has 1 heterocycles. The number of nitrogens with zero attached hydrogens (tertiary/aromatic N) is 3. The molecule has 4 aromatic rings. The van der Waals surface area contributed by atoms with Gasteiger partial charge in [-0.2, -0.15) is 0 Å². The maximum absolute atomic E-state index is 13.5. The summed E-state index contributed by atoms with van der Waals surface area (Å²) in [5.74, 6) is 0. The number of rotatable bonds is 6. The number of carbonyl (C=O) groups excluding carboxylic acids is 2. The van der Waals surface area contributed by atoms with E-state index in [0.717, 1.165) is 45.3 Å². The summed E-state index contributed by atoms with van der Waals surface area (Å²) in [6, 6.07) is 20.2. The Morgan fingerprint density at radius 3 is 1.87 bits per heavy atom. The Kier molecular flexibility index (Phi) is 13.2. The van der Waals surface area contributed by atoms with Gasteiger partial charge in [-0.3, -0.25) is 5.32 Å². The number of ether oxygens (including phenoxy) is 3. The number of amides is 2. The molecule has 1 saturated heterocycles. The number of carbonyl (C=O) groups is 2. The van der Waals surface area contributed by atoms with Crippen LogP contribution in [0.15, 0.2) is 54.6 Å². The second-order valence-electron chi connectivity index (χ2n) is 17.6. The molecule has 0 aliphatic carbocycles. The summed E-state index contributed by atoms with van der Waals surface area (Å²) in [5.41, 5.74) is -0.147. The van der Waals surface area contributed by atoms with E-state index in [0.29, 0.717) is 39.1 Å². The Morgan fingerprint density at radius 2 is 1.25 bits per heavy atom. The Balaban J connectivity index is 1.30. The first-order valence-corrected chi connectivity index (χ1v) is 19.7. The van der Waals surface area contributed by atoms with Gasteiger partial charge in [0.15, 0.2) is 0 Å². The molecule has 290 valence electrons. The molecule has 9 heteroatoms. The van der Waals surface area contributed by atoms with Crippen LogP contribution in [0.25, 0.3) is 32.3 Å². The standard InChI is InChI=1S/C44H64N4O5/c1-42(2,3)51-37-23-28-46(25-11-10-14-32-17-18-35-20-19-33-15-12-16-34-21-22-36(32)39(35)38(33)34)30-31-48(41(50)53-44(7,8)9)27-13-26-47(29-24-45-37)40(49)52-43(4,5)6/h12,15-22,37,45H,10-11,13-14,23-31H2,1-9H3. The third-order valence-electron chi connectivity index (χ3n) is 9.59. The summed E-state index contributed by atoms with van der Waals surface area (Å²) >= 11 is 0. The number of hydrogen-bond acceptors (Lipinski definition) is 7. The minimum Gasteiger partial charge on any atom is -0.444 e. The predicted octanol–water partition coefficient (Wildman–Crippen LogP) is 9.21. The molecular formula is C44H64N4O5. The number of aryl methyl sites for hydroxylation is 1. The molecule has 0 radical (unpaired) electrons. The highest BCUT2D eigenvalue weighted by Gasteiger charge is 2.27. The van der Waals surface area contributed by atoms with Crippen molar-refractivity contribution in [3.8, 4) is 0 Å². The minimum atomic E-state index is -0.604. The number of unbranched alkanes of at least 4 members (excludes halogenated alkanes) is 1. The highest BCUT2D eigenvalue weighted by molar-refractivity contribution is 6.23. The molecular weight excluding hydrogens is 665 g/mol. The van der Waals surface area contributed by atoms with Crippen LogP contribution >= 0.6 is 0 Å². The normalized spacial score (nSPS) is 18.1. The van der Waals surface area contributed by atoms with Gasteiger partial charge in [-0.05, 0) is 139 Å². The zero-order chi connectivity index (χ0) is 38.4. The topological polar surface area (TPSA) is 83.6 Å². The Bertz CT molecular complexity index is 1790. The van der Waals surface area contributed by atoms with E-state index >= 15 is 0 Å². The molecule has 5 rings (SSSR count). The average Bonchev–Trinajstić information content (AvgIpc) is 3.05. The summed E-state index contributed by atoms with van der Waals surface area (Å²) in [6.45, 7) is 22.5. The first kappa shape index (κ1) is 40.5. The molecule has 1 N–H and O–H groups in total. The van der Waals surface area contributed by atoms with Crippen LogP contribution in [0.2, 0.25) is 0 Å². The van der Waals surface area contributed by atoms with Crippen LogP contribution < -0.4 is 5.32 Å². The van der Waals surface area contributed by atoms with Gasteiger partial charge < -0.3 is 28.9 Å². The molecule has 1 fully saturated rings. The first-order chi connectivity index (χ1) is 25.0. The van der Waals surface area contributed by atoms with E-state index in [4.69, 9.17) is 14.2 Å². The molecule has 2 amide bonds. The van der Waals surface area contributed by atoms with Crippen molar-refractivity contribution in [2.24, 2.45) is 0 Å². The second-order valence-corrected chi connectivity index (χ2v) is 17.6. The lowest BCUT2D eigenvalue weighted by molar-refractivity contribution is -0.0812. The zero-order valence-electron chi connectivity index (χ0n) is 33.8. The fourth-order valence-corrected chi connectivity index (χ4v) is 7.25. The fourth-order valence-electron chi connectivity index (χ4n) is 7.25. The molecule has 53 heavy (non-hydrogen) atoms. The Labute approximate surface area is 317 Å². The van der Waals surface area contributed by atoms with Gasteiger partial charge in [-0.1, -0.05) is 54.6 Å². The molecule has 0 saturated carbocycles. The SMILES string of the molecule is CC(C)(C)OC(=O)N1CCCN(C(=O)OC(C)(C)C)CCN(CCCCc2ccc3ccc4cccc5ccc2c3c45)CCC(OC(C)(C)C)NCC1. The summed E-state index contributed by atoms with van der Waals surface area (Å²) in [6.07, 6.45) is 3.63. The van der Waals surface area contributed by atoms with Crippen molar-refractivity contribution in [1.29, 1.82) is 0 Å². The van der Waals surface area contributed by atoms with Crippen LogP contribution in [0.5, 0.6) is 0 Å². The van der Waals surface area contributed by atoms with Crippen molar-refractivity contribution < 1.29 is 23.8 Å². The minimum absolute atomic E-state index is 0.194. The van der Waals surface area contributed by atoms with E-state index in [1.807, 2.05) is 46.4 Å². The van der Waals surface area contributed by atoms with Crippen LogP contribution in [0.4, 0.5) is 9.59 Å². The lowest BCUT2D eigenvalue weighted by Gasteiger charge is -2.34.